The summed E-state index contributed by atoms with van der Waals surface area (Å²) in [6.07, 6.45) is 1.44. The molecule has 8 heteroatoms. The molecule has 0 fully saturated rings. The molecule has 0 unspecified atom stereocenters. The predicted molar refractivity (Wildman–Crippen MR) is 78.6 cm³/mol. The first-order valence-electron chi connectivity index (χ1n) is 5.23. The number of anilines is 2. The molecule has 0 aliphatic carbocycles. The number of nitrogens with zero attached hydrogens (tertiary/aromatic N) is 1. The van der Waals surface area contributed by atoms with Crippen LogP contribution in [0.1, 0.15) is 5.56 Å². The molecule has 0 radical (unpaired) electrons. The van der Waals surface area contributed by atoms with Crippen LogP contribution >= 0.6 is 23.8 Å². The molecule has 0 spiro atoms. The summed E-state index contributed by atoms with van der Waals surface area (Å²) >= 11 is 10.6. The molecule has 2 amide bonds. The quantitative estimate of drug-likeness (QED) is 0.654. The number of hydrogen-bond donors (Lipinski definition) is 4. The van der Waals surface area contributed by atoms with Crippen molar-refractivity contribution in [1.29, 1.82) is 0 Å². The molecule has 0 aliphatic rings. The maximum absolute atomic E-state index is 11.8. The van der Waals surface area contributed by atoms with Gasteiger partial charge in [-0.15, -0.1) is 0 Å². The topological polar surface area (TPSA) is 95.8 Å². The SMILES string of the molecule is NC(=S)c1cn[nH]c1NC(=O)Nc1cccc(Cl)c1. The number of urea groups is 1. The Morgan fingerprint density at radius 1 is 1.42 bits per heavy atom. The second-order valence-corrected chi connectivity index (χ2v) is 4.49. The van der Waals surface area contributed by atoms with Gasteiger partial charge in [0, 0.05) is 10.7 Å². The molecule has 1 aromatic heterocycles. The average molecular weight is 296 g/mol. The van der Waals surface area contributed by atoms with Gasteiger partial charge in [-0.25, -0.2) is 4.79 Å². The van der Waals surface area contributed by atoms with Crippen molar-refractivity contribution in [2.24, 2.45) is 5.73 Å². The van der Waals surface area contributed by atoms with E-state index in [-0.39, 0.29) is 4.99 Å². The summed E-state index contributed by atoms with van der Waals surface area (Å²) in [4.78, 5) is 11.9. The van der Waals surface area contributed by atoms with Crippen LogP contribution in [-0.2, 0) is 0 Å². The Balaban J connectivity index is 2.05. The molecule has 2 rings (SSSR count). The van der Waals surface area contributed by atoms with Crippen molar-refractivity contribution in [3.63, 3.8) is 0 Å². The summed E-state index contributed by atoms with van der Waals surface area (Å²) in [6.45, 7) is 0. The van der Waals surface area contributed by atoms with Crippen molar-refractivity contribution < 1.29 is 4.79 Å². The van der Waals surface area contributed by atoms with Gasteiger partial charge < -0.3 is 11.1 Å². The fourth-order valence-corrected chi connectivity index (χ4v) is 1.76. The zero-order valence-corrected chi connectivity index (χ0v) is 11.2. The molecule has 19 heavy (non-hydrogen) atoms. The van der Waals surface area contributed by atoms with Crippen LogP contribution in [0, 0.1) is 0 Å². The van der Waals surface area contributed by atoms with Crippen LogP contribution in [0.3, 0.4) is 0 Å². The van der Waals surface area contributed by atoms with Crippen molar-refractivity contribution in [3.8, 4) is 0 Å². The van der Waals surface area contributed by atoms with Crippen molar-refractivity contribution in [2.75, 3.05) is 10.6 Å². The number of carbonyl (C=O) groups excluding carboxylic acids is 1. The van der Waals surface area contributed by atoms with E-state index in [9.17, 15) is 4.79 Å². The van der Waals surface area contributed by atoms with E-state index < -0.39 is 6.03 Å². The van der Waals surface area contributed by atoms with E-state index in [1.807, 2.05) is 0 Å². The first-order valence-corrected chi connectivity index (χ1v) is 6.01. The van der Waals surface area contributed by atoms with Crippen molar-refractivity contribution in [3.05, 3.63) is 41.0 Å². The summed E-state index contributed by atoms with van der Waals surface area (Å²) in [5.74, 6) is 0.340. The summed E-state index contributed by atoms with van der Waals surface area (Å²) in [5, 5.41) is 12.1. The van der Waals surface area contributed by atoms with Crippen LogP contribution in [0.15, 0.2) is 30.5 Å². The Labute approximate surface area is 119 Å². The molecular weight excluding hydrogens is 286 g/mol. The largest absolute Gasteiger partial charge is 0.389 e. The van der Waals surface area contributed by atoms with E-state index in [0.29, 0.717) is 22.1 Å². The van der Waals surface area contributed by atoms with Gasteiger partial charge in [-0.1, -0.05) is 29.9 Å². The van der Waals surface area contributed by atoms with Crippen molar-refractivity contribution in [1.82, 2.24) is 10.2 Å². The van der Waals surface area contributed by atoms with Gasteiger partial charge >= 0.3 is 6.03 Å². The van der Waals surface area contributed by atoms with Gasteiger partial charge in [0.05, 0.1) is 11.8 Å². The molecule has 0 saturated heterocycles. The minimum atomic E-state index is -0.455. The number of nitrogens with two attached hydrogens (primary N) is 1. The number of carbonyl (C=O) groups is 1. The summed E-state index contributed by atoms with van der Waals surface area (Å²) < 4.78 is 0. The smallest absolute Gasteiger partial charge is 0.324 e. The van der Waals surface area contributed by atoms with E-state index in [0.717, 1.165) is 0 Å². The lowest BCUT2D eigenvalue weighted by Crippen LogP contribution is -2.22. The van der Waals surface area contributed by atoms with Gasteiger partial charge in [-0.2, -0.15) is 5.10 Å². The van der Waals surface area contributed by atoms with Gasteiger partial charge in [0.2, 0.25) is 0 Å². The van der Waals surface area contributed by atoms with Gasteiger partial charge in [-0.05, 0) is 18.2 Å². The molecule has 98 valence electrons. The normalized spacial score (nSPS) is 9.95. The molecular formula is C11H10ClN5OS. The van der Waals surface area contributed by atoms with Crippen LogP contribution in [0.2, 0.25) is 5.02 Å². The molecule has 2 aromatic rings. The molecule has 1 heterocycles. The Morgan fingerprint density at radius 2 is 2.21 bits per heavy atom. The Hall–Kier alpha value is -2.12. The predicted octanol–water partition coefficient (Wildman–Crippen LogP) is 2.34. The highest BCUT2D eigenvalue weighted by atomic mass is 35.5. The first kappa shape index (κ1) is 13.3. The second-order valence-electron chi connectivity index (χ2n) is 3.61. The minimum absolute atomic E-state index is 0.145. The third-order valence-corrected chi connectivity index (χ3v) is 2.68. The lowest BCUT2D eigenvalue weighted by atomic mass is 10.3. The van der Waals surface area contributed by atoms with Crippen LogP contribution < -0.4 is 16.4 Å². The van der Waals surface area contributed by atoms with E-state index in [2.05, 4.69) is 20.8 Å². The Bertz CT molecular complexity index is 627. The number of benzene rings is 1. The maximum atomic E-state index is 11.8. The number of halogens is 1. The monoisotopic (exact) mass is 295 g/mol. The van der Waals surface area contributed by atoms with E-state index in [1.165, 1.54) is 6.20 Å². The lowest BCUT2D eigenvalue weighted by molar-refractivity contribution is 0.262. The van der Waals surface area contributed by atoms with Crippen LogP contribution in [0.5, 0.6) is 0 Å². The van der Waals surface area contributed by atoms with Gasteiger partial charge in [0.15, 0.2) is 0 Å². The number of rotatable bonds is 3. The van der Waals surface area contributed by atoms with Crippen molar-refractivity contribution >= 4 is 46.3 Å². The molecule has 5 N–H and O–H groups in total. The zero-order chi connectivity index (χ0) is 13.8. The summed E-state index contributed by atoms with van der Waals surface area (Å²) in [7, 11) is 0. The number of nitrogens with one attached hydrogen (secondary N) is 3. The summed E-state index contributed by atoms with van der Waals surface area (Å²) in [5.41, 5.74) is 6.53. The fourth-order valence-electron chi connectivity index (χ4n) is 1.41. The summed E-state index contributed by atoms with van der Waals surface area (Å²) in [6, 6.07) is 6.33. The number of aromatic nitrogens is 2. The first-order chi connectivity index (χ1) is 9.06. The van der Waals surface area contributed by atoms with Crippen LogP contribution in [0.4, 0.5) is 16.3 Å². The highest BCUT2D eigenvalue weighted by Crippen LogP contribution is 2.16. The third kappa shape index (κ3) is 3.43. The van der Waals surface area contributed by atoms with Crippen LogP contribution in [0.25, 0.3) is 0 Å². The maximum Gasteiger partial charge on any atom is 0.324 e. The molecule has 0 aliphatic heterocycles. The van der Waals surface area contributed by atoms with E-state index in [1.54, 1.807) is 24.3 Å². The molecule has 1 aromatic carbocycles. The molecule has 6 nitrogen and oxygen atoms in total. The number of amides is 2. The van der Waals surface area contributed by atoms with Crippen molar-refractivity contribution in [2.45, 2.75) is 0 Å². The Morgan fingerprint density at radius 3 is 2.89 bits per heavy atom. The average Bonchev–Trinajstić information content (AvgIpc) is 2.76. The van der Waals surface area contributed by atoms with E-state index >= 15 is 0 Å². The lowest BCUT2D eigenvalue weighted by Gasteiger charge is -2.07. The number of hydrogen-bond acceptors (Lipinski definition) is 3. The number of aromatic amines is 1. The standard InChI is InChI=1S/C11H10ClN5OS/c12-6-2-1-3-7(4-6)15-11(18)16-10-8(9(13)19)5-14-17-10/h1-5H,(H2,13,19)(H3,14,15,16,17,18). The Kier molecular flexibility index (Phi) is 3.98. The molecule has 0 bridgehead atoms. The molecule has 0 saturated carbocycles. The fraction of sp³-hybridized carbons (Fsp3) is 0. The second kappa shape index (κ2) is 5.68. The van der Waals surface area contributed by atoms with Crippen LogP contribution in [-0.4, -0.2) is 21.2 Å². The highest BCUT2D eigenvalue weighted by molar-refractivity contribution is 7.80. The number of H-pyrrole nitrogens is 1. The van der Waals surface area contributed by atoms with Gasteiger partial charge in [-0.3, -0.25) is 10.4 Å². The zero-order valence-electron chi connectivity index (χ0n) is 9.61. The number of thiocarbonyl (C=S) groups is 1. The van der Waals surface area contributed by atoms with Gasteiger partial charge in [0.25, 0.3) is 0 Å². The minimum Gasteiger partial charge on any atom is -0.389 e. The van der Waals surface area contributed by atoms with E-state index in [4.69, 9.17) is 29.6 Å². The molecule has 0 atom stereocenters. The highest BCUT2D eigenvalue weighted by Gasteiger charge is 2.10. The van der Waals surface area contributed by atoms with Gasteiger partial charge in [0.1, 0.15) is 10.8 Å². The third-order valence-electron chi connectivity index (χ3n) is 2.23.